The second kappa shape index (κ2) is 6.26. The molecule has 0 amide bonds. The molecule has 21 heavy (non-hydrogen) atoms. The van der Waals surface area contributed by atoms with Gasteiger partial charge in [0.2, 0.25) is 0 Å². The monoisotopic (exact) mass is 286 g/mol. The van der Waals surface area contributed by atoms with Crippen LogP contribution >= 0.6 is 0 Å². The molecule has 2 rings (SSSR count). The number of methoxy groups -OCH3 is 1. The largest absolute Gasteiger partial charge is 0.497 e. The quantitative estimate of drug-likeness (QED) is 0.664. The summed E-state index contributed by atoms with van der Waals surface area (Å²) in [7, 11) is 1.62. The smallest absolute Gasteiger partial charge is 0.295 e. The maximum Gasteiger partial charge on any atom is 0.295 e. The van der Waals surface area contributed by atoms with E-state index in [0.29, 0.717) is 11.3 Å². The van der Waals surface area contributed by atoms with Crippen LogP contribution in [0, 0.1) is 17.0 Å². The van der Waals surface area contributed by atoms with E-state index in [1.807, 2.05) is 37.3 Å². The number of aryl methyl sites for hydroxylation is 1. The molecule has 5 heteroatoms. The highest BCUT2D eigenvalue weighted by Crippen LogP contribution is 2.31. The molecule has 0 spiro atoms. The van der Waals surface area contributed by atoms with Crippen molar-refractivity contribution in [1.82, 2.24) is 0 Å². The highest BCUT2D eigenvalue weighted by molar-refractivity contribution is 5.65. The molecule has 1 unspecified atom stereocenters. The van der Waals surface area contributed by atoms with E-state index < -0.39 is 0 Å². The van der Waals surface area contributed by atoms with Crippen molar-refractivity contribution in [2.24, 2.45) is 0 Å². The lowest BCUT2D eigenvalue weighted by molar-refractivity contribution is -0.384. The van der Waals surface area contributed by atoms with Crippen LogP contribution in [0.2, 0.25) is 0 Å². The third-order valence-electron chi connectivity index (χ3n) is 3.41. The summed E-state index contributed by atoms with van der Waals surface area (Å²) in [6.07, 6.45) is 0. The Morgan fingerprint density at radius 2 is 1.86 bits per heavy atom. The van der Waals surface area contributed by atoms with E-state index in [1.165, 1.54) is 0 Å². The molecule has 0 saturated carbocycles. The molecule has 1 N–H and O–H groups in total. The van der Waals surface area contributed by atoms with E-state index in [4.69, 9.17) is 4.74 Å². The molecule has 0 bridgehead atoms. The molecule has 0 heterocycles. The number of hydrogen-bond donors (Lipinski definition) is 1. The summed E-state index contributed by atoms with van der Waals surface area (Å²) in [6, 6.07) is 12.9. The van der Waals surface area contributed by atoms with E-state index in [2.05, 4.69) is 5.32 Å². The van der Waals surface area contributed by atoms with Gasteiger partial charge in [-0.15, -0.1) is 0 Å². The van der Waals surface area contributed by atoms with Crippen LogP contribution in [0.3, 0.4) is 0 Å². The summed E-state index contributed by atoms with van der Waals surface area (Å²) in [5.41, 5.74) is 2.33. The van der Waals surface area contributed by atoms with Gasteiger partial charge in [0.25, 0.3) is 5.69 Å². The van der Waals surface area contributed by atoms with E-state index in [9.17, 15) is 10.1 Å². The summed E-state index contributed by atoms with van der Waals surface area (Å²) in [6.45, 7) is 3.70. The lowest BCUT2D eigenvalue weighted by Gasteiger charge is -2.16. The Morgan fingerprint density at radius 1 is 1.19 bits per heavy atom. The summed E-state index contributed by atoms with van der Waals surface area (Å²) in [4.78, 5) is 10.8. The lowest BCUT2D eigenvalue weighted by atomic mass is 10.1. The van der Waals surface area contributed by atoms with E-state index in [1.54, 1.807) is 26.2 Å². The van der Waals surface area contributed by atoms with Crippen molar-refractivity contribution < 1.29 is 9.66 Å². The Labute approximate surface area is 123 Å². The topological polar surface area (TPSA) is 64.4 Å². The number of nitrogens with zero attached hydrogens (tertiary/aromatic N) is 1. The molecule has 0 aromatic heterocycles. The summed E-state index contributed by atoms with van der Waals surface area (Å²) in [5, 5.41) is 14.4. The summed E-state index contributed by atoms with van der Waals surface area (Å²) >= 11 is 0. The van der Waals surface area contributed by atoms with Gasteiger partial charge < -0.3 is 10.1 Å². The highest BCUT2D eigenvalue weighted by Gasteiger charge is 2.18. The van der Waals surface area contributed by atoms with Gasteiger partial charge in [-0.2, -0.15) is 0 Å². The van der Waals surface area contributed by atoms with Gasteiger partial charge in [0.15, 0.2) is 0 Å². The Morgan fingerprint density at radius 3 is 2.43 bits per heavy atom. The van der Waals surface area contributed by atoms with Gasteiger partial charge in [-0.25, -0.2) is 0 Å². The molecule has 0 radical (unpaired) electrons. The molecule has 110 valence electrons. The first-order valence-corrected chi connectivity index (χ1v) is 6.67. The number of anilines is 1. The minimum Gasteiger partial charge on any atom is -0.497 e. The third kappa shape index (κ3) is 3.31. The van der Waals surface area contributed by atoms with Crippen molar-refractivity contribution in [3.05, 3.63) is 63.7 Å². The molecular weight excluding hydrogens is 268 g/mol. The second-order valence-corrected chi connectivity index (χ2v) is 4.87. The highest BCUT2D eigenvalue weighted by atomic mass is 16.6. The number of hydrogen-bond acceptors (Lipinski definition) is 4. The van der Waals surface area contributed by atoms with E-state index in [0.717, 1.165) is 11.3 Å². The molecule has 0 aliphatic carbocycles. The standard InChI is InChI=1S/C16H18N2O3/c1-11-5-4-6-15(16(11)18(19)20)17-12(2)13-7-9-14(21-3)10-8-13/h4-10,12,17H,1-3H3. The van der Waals surface area contributed by atoms with Crippen molar-refractivity contribution in [2.45, 2.75) is 19.9 Å². The Bertz CT molecular complexity index is 638. The zero-order chi connectivity index (χ0) is 15.4. The molecular formula is C16H18N2O3. The number of benzene rings is 2. The fourth-order valence-corrected chi connectivity index (χ4v) is 2.23. The normalized spacial score (nSPS) is 11.8. The number of nitro benzene ring substituents is 1. The van der Waals surface area contributed by atoms with Crippen LogP contribution in [0.1, 0.15) is 24.1 Å². The number of nitrogens with one attached hydrogen (secondary N) is 1. The average molecular weight is 286 g/mol. The van der Waals surface area contributed by atoms with Crippen LogP contribution in [0.5, 0.6) is 5.75 Å². The van der Waals surface area contributed by atoms with Crippen LogP contribution < -0.4 is 10.1 Å². The van der Waals surface area contributed by atoms with Crippen LogP contribution in [0.4, 0.5) is 11.4 Å². The first-order valence-electron chi connectivity index (χ1n) is 6.67. The molecule has 0 fully saturated rings. The van der Waals surface area contributed by atoms with E-state index in [-0.39, 0.29) is 16.7 Å². The fraction of sp³-hybridized carbons (Fsp3) is 0.250. The number of ether oxygens (including phenoxy) is 1. The number of para-hydroxylation sites is 1. The Hall–Kier alpha value is -2.56. The van der Waals surface area contributed by atoms with Crippen molar-refractivity contribution in [3.8, 4) is 5.75 Å². The second-order valence-electron chi connectivity index (χ2n) is 4.87. The molecule has 5 nitrogen and oxygen atoms in total. The Balaban J connectivity index is 2.24. The molecule has 0 saturated heterocycles. The average Bonchev–Trinajstić information content (AvgIpc) is 2.47. The van der Waals surface area contributed by atoms with Crippen LogP contribution in [-0.4, -0.2) is 12.0 Å². The zero-order valence-electron chi connectivity index (χ0n) is 12.3. The maximum absolute atomic E-state index is 11.2. The van der Waals surface area contributed by atoms with Gasteiger partial charge >= 0.3 is 0 Å². The first-order chi connectivity index (χ1) is 10.0. The van der Waals surface area contributed by atoms with Gasteiger partial charge in [0.05, 0.1) is 12.0 Å². The summed E-state index contributed by atoms with van der Waals surface area (Å²) in [5.74, 6) is 0.785. The molecule has 2 aromatic rings. The summed E-state index contributed by atoms with van der Waals surface area (Å²) < 4.78 is 5.12. The van der Waals surface area contributed by atoms with Crippen molar-refractivity contribution in [1.29, 1.82) is 0 Å². The van der Waals surface area contributed by atoms with Crippen molar-refractivity contribution in [2.75, 3.05) is 12.4 Å². The molecule has 1 atom stereocenters. The van der Waals surface area contributed by atoms with Gasteiger partial charge in [-0.05, 0) is 37.6 Å². The molecule has 0 aliphatic heterocycles. The molecule has 2 aromatic carbocycles. The lowest BCUT2D eigenvalue weighted by Crippen LogP contribution is -2.09. The number of nitro groups is 1. The minimum absolute atomic E-state index is 0.0450. The number of rotatable bonds is 5. The maximum atomic E-state index is 11.2. The minimum atomic E-state index is -0.349. The van der Waals surface area contributed by atoms with Gasteiger partial charge in [-0.3, -0.25) is 10.1 Å². The molecule has 0 aliphatic rings. The SMILES string of the molecule is COc1ccc(C(C)Nc2cccc(C)c2[N+](=O)[O-])cc1. The van der Waals surface area contributed by atoms with Crippen molar-refractivity contribution in [3.63, 3.8) is 0 Å². The zero-order valence-corrected chi connectivity index (χ0v) is 12.3. The predicted octanol–water partition coefficient (Wildman–Crippen LogP) is 4.08. The van der Waals surface area contributed by atoms with Gasteiger partial charge in [-0.1, -0.05) is 24.3 Å². The van der Waals surface area contributed by atoms with Crippen LogP contribution in [0.15, 0.2) is 42.5 Å². The van der Waals surface area contributed by atoms with Gasteiger partial charge in [0.1, 0.15) is 11.4 Å². The van der Waals surface area contributed by atoms with Gasteiger partial charge in [0, 0.05) is 11.6 Å². The van der Waals surface area contributed by atoms with Crippen LogP contribution in [-0.2, 0) is 0 Å². The third-order valence-corrected chi connectivity index (χ3v) is 3.41. The van der Waals surface area contributed by atoms with Crippen LogP contribution in [0.25, 0.3) is 0 Å². The van der Waals surface area contributed by atoms with Crippen molar-refractivity contribution >= 4 is 11.4 Å². The Kier molecular flexibility index (Phi) is 4.42. The van der Waals surface area contributed by atoms with E-state index >= 15 is 0 Å². The first kappa shape index (κ1) is 14.8. The fourth-order valence-electron chi connectivity index (χ4n) is 2.23. The predicted molar refractivity (Wildman–Crippen MR) is 82.9 cm³/mol.